The molecule has 16 heavy (non-hydrogen) atoms. The zero-order valence-corrected chi connectivity index (χ0v) is 10.4. The summed E-state index contributed by atoms with van der Waals surface area (Å²) < 4.78 is 0. The molecule has 0 aromatic carbocycles. The molecular weight excluding hydrogens is 200 g/mol. The lowest BCUT2D eigenvalue weighted by atomic mass is 9.99. The van der Waals surface area contributed by atoms with Gasteiger partial charge in [-0.15, -0.1) is 0 Å². The summed E-state index contributed by atoms with van der Waals surface area (Å²) in [5, 5.41) is 3.40. The molecule has 2 rings (SSSR count). The number of carbonyl (C=O) groups is 1. The summed E-state index contributed by atoms with van der Waals surface area (Å²) in [5.41, 5.74) is 0. The molecule has 3 heteroatoms. The lowest BCUT2D eigenvalue weighted by Gasteiger charge is -2.33. The van der Waals surface area contributed by atoms with Gasteiger partial charge in [-0.2, -0.15) is 0 Å². The minimum atomic E-state index is 0.104. The molecule has 0 aromatic heterocycles. The Labute approximate surface area is 98.6 Å². The van der Waals surface area contributed by atoms with Crippen molar-refractivity contribution in [2.45, 2.75) is 51.5 Å². The number of nitrogens with one attached hydrogen (secondary N) is 1. The Kier molecular flexibility index (Phi) is 4.22. The maximum absolute atomic E-state index is 12.3. The van der Waals surface area contributed by atoms with E-state index < -0.39 is 0 Å². The average Bonchev–Trinajstić information content (AvgIpc) is 2.56. The molecule has 3 nitrogen and oxygen atoms in total. The molecule has 0 aromatic rings. The second-order valence-corrected chi connectivity index (χ2v) is 5.39. The van der Waals surface area contributed by atoms with Gasteiger partial charge in [0.05, 0.1) is 6.04 Å². The molecule has 0 spiro atoms. The van der Waals surface area contributed by atoms with Gasteiger partial charge in [-0.1, -0.05) is 19.8 Å². The van der Waals surface area contributed by atoms with E-state index in [4.69, 9.17) is 0 Å². The van der Waals surface area contributed by atoms with Crippen LogP contribution in [-0.4, -0.2) is 36.5 Å². The molecule has 2 aliphatic rings. The number of nitrogens with zero attached hydrogens (tertiary/aromatic N) is 1. The van der Waals surface area contributed by atoms with Gasteiger partial charge in [0.2, 0.25) is 5.91 Å². The highest BCUT2D eigenvalue weighted by Gasteiger charge is 2.27. The third-order valence-corrected chi connectivity index (χ3v) is 3.83. The van der Waals surface area contributed by atoms with E-state index in [-0.39, 0.29) is 6.04 Å². The Morgan fingerprint density at radius 1 is 1.19 bits per heavy atom. The molecule has 0 aliphatic carbocycles. The Hall–Kier alpha value is -0.570. The molecule has 2 atom stereocenters. The van der Waals surface area contributed by atoms with Crippen molar-refractivity contribution in [2.24, 2.45) is 5.92 Å². The van der Waals surface area contributed by atoms with Gasteiger partial charge in [-0.05, 0) is 38.1 Å². The summed E-state index contributed by atoms with van der Waals surface area (Å²) in [6.45, 7) is 5.21. The van der Waals surface area contributed by atoms with Crippen LogP contribution >= 0.6 is 0 Å². The Balaban J connectivity index is 1.89. The molecule has 0 radical (unpaired) electrons. The Bertz CT molecular complexity index is 230. The standard InChI is InChI=1S/C13H24N2O/c1-11-6-5-9-15(10-11)13(16)12-7-3-2-4-8-14-12/h11-12,14H,2-10H2,1H3. The largest absolute Gasteiger partial charge is 0.341 e. The fraction of sp³-hybridized carbons (Fsp3) is 0.923. The Morgan fingerprint density at radius 3 is 2.88 bits per heavy atom. The lowest BCUT2D eigenvalue weighted by Crippen LogP contribution is -2.49. The molecule has 92 valence electrons. The van der Waals surface area contributed by atoms with Crippen molar-refractivity contribution in [2.75, 3.05) is 19.6 Å². The highest BCUT2D eigenvalue weighted by atomic mass is 16.2. The molecule has 1 amide bonds. The van der Waals surface area contributed by atoms with Crippen molar-refractivity contribution in [1.82, 2.24) is 10.2 Å². The molecule has 0 bridgehead atoms. The lowest BCUT2D eigenvalue weighted by molar-refractivity contribution is -0.135. The summed E-state index contributed by atoms with van der Waals surface area (Å²) in [4.78, 5) is 14.4. The van der Waals surface area contributed by atoms with Crippen LogP contribution in [0.2, 0.25) is 0 Å². The van der Waals surface area contributed by atoms with E-state index in [1.807, 2.05) is 0 Å². The monoisotopic (exact) mass is 224 g/mol. The van der Waals surface area contributed by atoms with Crippen molar-refractivity contribution in [3.63, 3.8) is 0 Å². The first-order valence-corrected chi connectivity index (χ1v) is 6.79. The number of amides is 1. The van der Waals surface area contributed by atoms with Crippen LogP contribution in [-0.2, 0) is 4.79 Å². The van der Waals surface area contributed by atoms with Crippen LogP contribution in [0.1, 0.15) is 45.4 Å². The van der Waals surface area contributed by atoms with Gasteiger partial charge in [-0.3, -0.25) is 4.79 Å². The highest BCUT2D eigenvalue weighted by molar-refractivity contribution is 5.82. The molecule has 2 saturated heterocycles. The summed E-state index contributed by atoms with van der Waals surface area (Å²) >= 11 is 0. The predicted molar refractivity (Wildman–Crippen MR) is 65.2 cm³/mol. The van der Waals surface area contributed by atoms with E-state index >= 15 is 0 Å². The summed E-state index contributed by atoms with van der Waals surface area (Å²) in [7, 11) is 0. The number of piperidine rings is 1. The van der Waals surface area contributed by atoms with Gasteiger partial charge < -0.3 is 10.2 Å². The van der Waals surface area contributed by atoms with Crippen LogP contribution in [0, 0.1) is 5.92 Å². The summed E-state index contributed by atoms with van der Waals surface area (Å²) in [6, 6.07) is 0.104. The predicted octanol–water partition coefficient (Wildman–Crippen LogP) is 1.78. The molecule has 0 saturated carbocycles. The van der Waals surface area contributed by atoms with E-state index in [1.165, 1.54) is 32.1 Å². The van der Waals surface area contributed by atoms with Gasteiger partial charge in [0.15, 0.2) is 0 Å². The molecule has 2 heterocycles. The van der Waals surface area contributed by atoms with E-state index in [0.717, 1.165) is 26.1 Å². The molecule has 2 unspecified atom stereocenters. The van der Waals surface area contributed by atoms with Crippen LogP contribution in [0.4, 0.5) is 0 Å². The highest BCUT2D eigenvalue weighted by Crippen LogP contribution is 2.18. The Morgan fingerprint density at radius 2 is 2.06 bits per heavy atom. The van der Waals surface area contributed by atoms with Crippen molar-refractivity contribution >= 4 is 5.91 Å². The minimum absolute atomic E-state index is 0.104. The van der Waals surface area contributed by atoms with Crippen molar-refractivity contribution in [3.8, 4) is 0 Å². The van der Waals surface area contributed by atoms with Crippen molar-refractivity contribution in [3.05, 3.63) is 0 Å². The topological polar surface area (TPSA) is 32.3 Å². The van der Waals surface area contributed by atoms with Gasteiger partial charge in [0.25, 0.3) is 0 Å². The first-order chi connectivity index (χ1) is 7.77. The summed E-state index contributed by atoms with van der Waals surface area (Å²) in [6.07, 6.45) is 7.19. The first kappa shape index (κ1) is 11.9. The fourth-order valence-corrected chi connectivity index (χ4v) is 2.85. The van der Waals surface area contributed by atoms with E-state index in [0.29, 0.717) is 11.8 Å². The number of likely N-dealkylation sites (tertiary alicyclic amines) is 1. The van der Waals surface area contributed by atoms with Crippen LogP contribution in [0.15, 0.2) is 0 Å². The van der Waals surface area contributed by atoms with Crippen LogP contribution in [0.5, 0.6) is 0 Å². The third kappa shape index (κ3) is 2.97. The van der Waals surface area contributed by atoms with Gasteiger partial charge >= 0.3 is 0 Å². The van der Waals surface area contributed by atoms with E-state index in [9.17, 15) is 4.79 Å². The second-order valence-electron chi connectivity index (χ2n) is 5.39. The van der Waals surface area contributed by atoms with Crippen LogP contribution < -0.4 is 5.32 Å². The maximum atomic E-state index is 12.3. The van der Waals surface area contributed by atoms with E-state index in [1.54, 1.807) is 0 Å². The van der Waals surface area contributed by atoms with Crippen molar-refractivity contribution < 1.29 is 4.79 Å². The summed E-state index contributed by atoms with van der Waals surface area (Å²) in [5.74, 6) is 1.04. The fourth-order valence-electron chi connectivity index (χ4n) is 2.85. The normalized spacial score (nSPS) is 32.2. The molecular formula is C13H24N2O. The SMILES string of the molecule is CC1CCCN(C(=O)C2CCCCCN2)C1. The zero-order valence-electron chi connectivity index (χ0n) is 10.4. The number of hydrogen-bond donors (Lipinski definition) is 1. The smallest absolute Gasteiger partial charge is 0.239 e. The van der Waals surface area contributed by atoms with Crippen LogP contribution in [0.3, 0.4) is 0 Å². The van der Waals surface area contributed by atoms with Gasteiger partial charge in [0.1, 0.15) is 0 Å². The maximum Gasteiger partial charge on any atom is 0.239 e. The third-order valence-electron chi connectivity index (χ3n) is 3.83. The van der Waals surface area contributed by atoms with Gasteiger partial charge in [-0.25, -0.2) is 0 Å². The van der Waals surface area contributed by atoms with E-state index in [2.05, 4.69) is 17.1 Å². The van der Waals surface area contributed by atoms with Crippen LogP contribution in [0.25, 0.3) is 0 Å². The number of hydrogen-bond acceptors (Lipinski definition) is 2. The minimum Gasteiger partial charge on any atom is -0.341 e. The molecule has 1 N–H and O–H groups in total. The second kappa shape index (κ2) is 5.67. The number of rotatable bonds is 1. The van der Waals surface area contributed by atoms with Crippen molar-refractivity contribution in [1.29, 1.82) is 0 Å². The zero-order chi connectivity index (χ0) is 11.4. The number of carbonyl (C=O) groups excluding carboxylic acids is 1. The quantitative estimate of drug-likeness (QED) is 0.736. The average molecular weight is 224 g/mol. The first-order valence-electron chi connectivity index (χ1n) is 6.79. The van der Waals surface area contributed by atoms with Gasteiger partial charge in [0, 0.05) is 13.1 Å². The molecule has 2 aliphatic heterocycles. The molecule has 2 fully saturated rings.